The largest absolute Gasteiger partial charge is 0.493 e. The van der Waals surface area contributed by atoms with Crippen LogP contribution >= 0.6 is 0 Å². The van der Waals surface area contributed by atoms with Gasteiger partial charge >= 0.3 is 0 Å². The van der Waals surface area contributed by atoms with Crippen LogP contribution in [0.4, 0.5) is 0 Å². The summed E-state index contributed by atoms with van der Waals surface area (Å²) in [5.74, 6) is 1.92. The van der Waals surface area contributed by atoms with Crippen molar-refractivity contribution < 1.29 is 19.3 Å². The van der Waals surface area contributed by atoms with E-state index < -0.39 is 12.1 Å². The van der Waals surface area contributed by atoms with Crippen molar-refractivity contribution in [1.82, 2.24) is 0 Å². The first-order valence-electron chi connectivity index (χ1n) is 6.68. The lowest BCUT2D eigenvalue weighted by atomic mass is 9.94. The van der Waals surface area contributed by atoms with Gasteiger partial charge in [-0.05, 0) is 24.5 Å². The lowest BCUT2D eigenvalue weighted by Gasteiger charge is -2.24. The van der Waals surface area contributed by atoms with Crippen molar-refractivity contribution >= 4 is 0 Å². The molecule has 0 aromatic heterocycles. The summed E-state index contributed by atoms with van der Waals surface area (Å²) in [6.45, 7) is 4.09. The molecule has 0 unspecified atom stereocenters. The highest BCUT2D eigenvalue weighted by molar-refractivity contribution is 5.56. The predicted octanol–water partition coefficient (Wildman–Crippen LogP) is 2.12. The monoisotopic (exact) mass is 283 g/mol. The molecule has 0 aliphatic rings. The molecule has 0 radical (unpaired) electrons. The van der Waals surface area contributed by atoms with Gasteiger partial charge in [0.05, 0.1) is 33.5 Å². The van der Waals surface area contributed by atoms with E-state index in [4.69, 9.17) is 19.9 Å². The van der Waals surface area contributed by atoms with Gasteiger partial charge in [-0.25, -0.2) is 0 Å². The number of aliphatic hydroxyl groups is 1. The van der Waals surface area contributed by atoms with E-state index in [2.05, 4.69) is 0 Å². The van der Waals surface area contributed by atoms with Crippen LogP contribution in [0, 0.1) is 5.92 Å². The van der Waals surface area contributed by atoms with Crippen molar-refractivity contribution in [2.45, 2.75) is 32.4 Å². The zero-order valence-electron chi connectivity index (χ0n) is 12.8. The van der Waals surface area contributed by atoms with Crippen LogP contribution in [0.5, 0.6) is 17.2 Å². The highest BCUT2D eigenvalue weighted by Crippen LogP contribution is 2.42. The Bertz CT molecular complexity index is 434. The molecule has 5 nitrogen and oxygen atoms in total. The van der Waals surface area contributed by atoms with Crippen molar-refractivity contribution in [1.29, 1.82) is 0 Å². The molecule has 0 aliphatic carbocycles. The highest BCUT2D eigenvalue weighted by Gasteiger charge is 2.25. The summed E-state index contributed by atoms with van der Waals surface area (Å²) in [5, 5.41) is 10.2. The Morgan fingerprint density at radius 2 is 1.65 bits per heavy atom. The third-order valence-electron chi connectivity index (χ3n) is 3.22. The van der Waals surface area contributed by atoms with Gasteiger partial charge in [0, 0.05) is 5.56 Å². The van der Waals surface area contributed by atoms with Gasteiger partial charge in [0.25, 0.3) is 0 Å². The van der Waals surface area contributed by atoms with E-state index in [-0.39, 0.29) is 0 Å². The average molecular weight is 283 g/mol. The summed E-state index contributed by atoms with van der Waals surface area (Å²) in [7, 11) is 4.65. The molecule has 0 amide bonds. The Labute approximate surface area is 120 Å². The Balaban J connectivity index is 3.17. The number of methoxy groups -OCH3 is 3. The SMILES string of the molecule is COc1ccc([C@@H](N)[C@@H](O)CC(C)C)c(OC)c1OC. The summed E-state index contributed by atoms with van der Waals surface area (Å²) in [4.78, 5) is 0. The van der Waals surface area contributed by atoms with Crippen molar-refractivity contribution in [2.24, 2.45) is 11.7 Å². The molecule has 114 valence electrons. The van der Waals surface area contributed by atoms with Crippen LogP contribution in [0.3, 0.4) is 0 Å². The minimum Gasteiger partial charge on any atom is -0.493 e. The molecule has 5 heteroatoms. The second-order valence-corrected chi connectivity index (χ2v) is 5.15. The molecule has 0 aliphatic heterocycles. The van der Waals surface area contributed by atoms with Crippen LogP contribution in [-0.2, 0) is 0 Å². The minimum absolute atomic E-state index is 0.363. The van der Waals surface area contributed by atoms with Crippen LogP contribution in [0.1, 0.15) is 31.9 Å². The molecule has 0 bridgehead atoms. The number of hydrogen-bond donors (Lipinski definition) is 2. The minimum atomic E-state index is -0.637. The Morgan fingerprint density at radius 3 is 2.10 bits per heavy atom. The van der Waals surface area contributed by atoms with Gasteiger partial charge in [-0.2, -0.15) is 0 Å². The molecule has 2 atom stereocenters. The van der Waals surface area contributed by atoms with Crippen molar-refractivity contribution in [2.75, 3.05) is 21.3 Å². The molecule has 0 saturated heterocycles. The van der Waals surface area contributed by atoms with E-state index in [1.54, 1.807) is 33.5 Å². The lowest BCUT2D eigenvalue weighted by molar-refractivity contribution is 0.119. The maximum Gasteiger partial charge on any atom is 0.203 e. The number of ether oxygens (including phenoxy) is 3. The summed E-state index contributed by atoms with van der Waals surface area (Å²) in [6.07, 6.45) is -0.0134. The van der Waals surface area contributed by atoms with E-state index in [9.17, 15) is 5.11 Å². The second-order valence-electron chi connectivity index (χ2n) is 5.15. The third-order valence-corrected chi connectivity index (χ3v) is 3.22. The van der Waals surface area contributed by atoms with Crippen LogP contribution in [0.15, 0.2) is 12.1 Å². The van der Waals surface area contributed by atoms with Crippen molar-refractivity contribution in [3.05, 3.63) is 17.7 Å². The average Bonchev–Trinajstić information content (AvgIpc) is 2.43. The van der Waals surface area contributed by atoms with E-state index >= 15 is 0 Å². The van der Waals surface area contributed by atoms with Crippen LogP contribution in [0.2, 0.25) is 0 Å². The van der Waals surface area contributed by atoms with E-state index in [1.165, 1.54) is 0 Å². The molecule has 3 N–H and O–H groups in total. The molecular weight excluding hydrogens is 258 g/mol. The molecule has 0 fully saturated rings. The molecule has 0 saturated carbocycles. The number of rotatable bonds is 7. The summed E-state index contributed by atoms with van der Waals surface area (Å²) >= 11 is 0. The zero-order valence-corrected chi connectivity index (χ0v) is 12.8. The van der Waals surface area contributed by atoms with Crippen LogP contribution < -0.4 is 19.9 Å². The van der Waals surface area contributed by atoms with Gasteiger partial charge in [0.2, 0.25) is 5.75 Å². The second kappa shape index (κ2) is 7.36. The fourth-order valence-corrected chi connectivity index (χ4v) is 2.22. The number of aliphatic hydroxyl groups excluding tert-OH is 1. The van der Waals surface area contributed by atoms with E-state index in [0.717, 1.165) is 0 Å². The van der Waals surface area contributed by atoms with E-state index in [1.807, 2.05) is 13.8 Å². The predicted molar refractivity (Wildman–Crippen MR) is 78.5 cm³/mol. The normalized spacial score (nSPS) is 14.0. The first-order valence-corrected chi connectivity index (χ1v) is 6.68. The van der Waals surface area contributed by atoms with Crippen molar-refractivity contribution in [3.63, 3.8) is 0 Å². The maximum atomic E-state index is 10.2. The third kappa shape index (κ3) is 3.55. The fourth-order valence-electron chi connectivity index (χ4n) is 2.22. The van der Waals surface area contributed by atoms with Gasteiger partial charge in [0.1, 0.15) is 0 Å². The van der Waals surface area contributed by atoms with Crippen LogP contribution in [-0.4, -0.2) is 32.5 Å². The number of hydrogen-bond acceptors (Lipinski definition) is 5. The molecule has 1 rings (SSSR count). The smallest absolute Gasteiger partial charge is 0.203 e. The fraction of sp³-hybridized carbons (Fsp3) is 0.600. The van der Waals surface area contributed by atoms with Gasteiger partial charge < -0.3 is 25.1 Å². The topological polar surface area (TPSA) is 73.9 Å². The molecule has 1 aromatic rings. The maximum absolute atomic E-state index is 10.2. The summed E-state index contributed by atoms with van der Waals surface area (Å²) < 4.78 is 15.9. The summed E-state index contributed by atoms with van der Waals surface area (Å²) in [6, 6.07) is 3.03. The van der Waals surface area contributed by atoms with Crippen molar-refractivity contribution in [3.8, 4) is 17.2 Å². The number of nitrogens with two attached hydrogens (primary N) is 1. The number of benzene rings is 1. The van der Waals surface area contributed by atoms with Gasteiger partial charge in [-0.3, -0.25) is 0 Å². The first kappa shape index (κ1) is 16.6. The molecule has 0 spiro atoms. The Hall–Kier alpha value is -1.46. The van der Waals surface area contributed by atoms with Gasteiger partial charge in [0.15, 0.2) is 11.5 Å². The molecule has 1 aromatic carbocycles. The standard InChI is InChI=1S/C15H25NO4/c1-9(2)8-11(17)13(16)10-6-7-12(18-3)15(20-5)14(10)19-4/h6-7,9,11,13,17H,8,16H2,1-5H3/t11-,13+/m0/s1. The summed E-state index contributed by atoms with van der Waals surface area (Å²) in [5.41, 5.74) is 6.86. The first-order chi connectivity index (χ1) is 9.46. The Morgan fingerprint density at radius 1 is 1.05 bits per heavy atom. The van der Waals surface area contributed by atoms with Gasteiger partial charge in [-0.1, -0.05) is 13.8 Å². The van der Waals surface area contributed by atoms with Crippen LogP contribution in [0.25, 0.3) is 0 Å². The van der Waals surface area contributed by atoms with E-state index in [0.29, 0.717) is 35.2 Å². The van der Waals surface area contributed by atoms with Gasteiger partial charge in [-0.15, -0.1) is 0 Å². The molecule has 20 heavy (non-hydrogen) atoms. The molecule has 0 heterocycles. The highest BCUT2D eigenvalue weighted by atomic mass is 16.5. The quantitative estimate of drug-likeness (QED) is 0.802. The zero-order chi connectivity index (χ0) is 15.3. The lowest BCUT2D eigenvalue weighted by Crippen LogP contribution is -2.28. The Kier molecular flexibility index (Phi) is 6.10. The molecular formula is C15H25NO4.